The van der Waals surface area contributed by atoms with Gasteiger partial charge in [-0.25, -0.2) is 0 Å². The van der Waals surface area contributed by atoms with Gasteiger partial charge in [0.15, 0.2) is 0 Å². The summed E-state index contributed by atoms with van der Waals surface area (Å²) in [5, 5.41) is 18.3. The molecule has 0 heterocycles. The Morgan fingerprint density at radius 1 is 1.35 bits per heavy atom. The molecule has 4 nitrogen and oxygen atoms in total. The summed E-state index contributed by atoms with van der Waals surface area (Å²) in [6.07, 6.45) is 3.99. The standard InChI is InChI=1S/C16H25N3O/c1-19(12-16(20)9-5-6-10-16)11-14(15(17)18)13-7-3-2-4-8-13/h2-4,7-8,14,20H,5-6,9-12H2,1H3,(H3,17,18). The molecule has 0 saturated heterocycles. The smallest absolute Gasteiger partial charge is 0.0995 e. The Morgan fingerprint density at radius 2 is 1.95 bits per heavy atom. The number of benzene rings is 1. The maximum absolute atomic E-state index is 10.5. The van der Waals surface area contributed by atoms with Gasteiger partial charge in [0.1, 0.15) is 0 Å². The van der Waals surface area contributed by atoms with Crippen molar-refractivity contribution in [1.82, 2.24) is 4.90 Å². The van der Waals surface area contributed by atoms with Gasteiger partial charge in [-0.05, 0) is 25.5 Å². The van der Waals surface area contributed by atoms with E-state index >= 15 is 0 Å². The summed E-state index contributed by atoms with van der Waals surface area (Å²) < 4.78 is 0. The number of hydrogen-bond acceptors (Lipinski definition) is 3. The van der Waals surface area contributed by atoms with Crippen LogP contribution >= 0.6 is 0 Å². The van der Waals surface area contributed by atoms with E-state index in [0.29, 0.717) is 13.1 Å². The lowest BCUT2D eigenvalue weighted by Crippen LogP contribution is -2.42. The lowest BCUT2D eigenvalue weighted by atomic mass is 9.96. The molecule has 0 amide bonds. The molecule has 1 fully saturated rings. The Bertz CT molecular complexity index is 440. The van der Waals surface area contributed by atoms with Crippen molar-refractivity contribution in [2.45, 2.75) is 37.2 Å². The van der Waals surface area contributed by atoms with Crippen LogP contribution in [0.15, 0.2) is 30.3 Å². The largest absolute Gasteiger partial charge is 0.389 e. The third-order valence-corrected chi connectivity index (χ3v) is 4.17. The zero-order chi connectivity index (χ0) is 14.6. The van der Waals surface area contributed by atoms with Crippen molar-refractivity contribution in [3.63, 3.8) is 0 Å². The molecule has 1 aliphatic rings. The Balaban J connectivity index is 2.00. The fourth-order valence-electron chi connectivity index (χ4n) is 3.14. The van der Waals surface area contributed by atoms with E-state index in [1.165, 1.54) is 0 Å². The number of rotatable bonds is 6. The van der Waals surface area contributed by atoms with Gasteiger partial charge in [0.05, 0.1) is 17.4 Å². The van der Waals surface area contributed by atoms with E-state index in [1.807, 2.05) is 37.4 Å². The van der Waals surface area contributed by atoms with Gasteiger partial charge in [-0.1, -0.05) is 43.2 Å². The second kappa shape index (κ2) is 6.37. The van der Waals surface area contributed by atoms with Crippen LogP contribution in [0.5, 0.6) is 0 Å². The molecule has 0 bridgehead atoms. The predicted octanol–water partition coefficient (Wildman–Crippen LogP) is 1.94. The summed E-state index contributed by atoms with van der Waals surface area (Å²) >= 11 is 0. The van der Waals surface area contributed by atoms with E-state index in [1.54, 1.807) is 0 Å². The molecule has 0 spiro atoms. The Morgan fingerprint density at radius 3 is 2.50 bits per heavy atom. The fraction of sp³-hybridized carbons (Fsp3) is 0.562. The number of nitrogens with one attached hydrogen (secondary N) is 1. The van der Waals surface area contributed by atoms with Crippen LogP contribution in [-0.4, -0.2) is 41.6 Å². The van der Waals surface area contributed by atoms with Crippen molar-refractivity contribution in [3.8, 4) is 0 Å². The summed E-state index contributed by atoms with van der Waals surface area (Å²) in [5.41, 5.74) is 6.26. The highest BCUT2D eigenvalue weighted by atomic mass is 16.3. The van der Waals surface area contributed by atoms with E-state index < -0.39 is 5.60 Å². The first-order chi connectivity index (χ1) is 9.50. The molecule has 0 aliphatic heterocycles. The van der Waals surface area contributed by atoms with Gasteiger partial charge < -0.3 is 15.7 Å². The fourth-order valence-corrected chi connectivity index (χ4v) is 3.14. The molecule has 1 atom stereocenters. The SMILES string of the molecule is CN(CC(C(=N)N)c1ccccc1)CC1(O)CCCC1. The van der Waals surface area contributed by atoms with Crippen molar-refractivity contribution in [1.29, 1.82) is 5.41 Å². The van der Waals surface area contributed by atoms with Crippen LogP contribution in [0.3, 0.4) is 0 Å². The molecule has 4 heteroatoms. The average molecular weight is 275 g/mol. The van der Waals surface area contributed by atoms with Crippen molar-refractivity contribution in [2.75, 3.05) is 20.1 Å². The quantitative estimate of drug-likeness (QED) is 0.549. The molecule has 1 aromatic rings. The second-order valence-electron chi connectivity index (χ2n) is 6.05. The first-order valence-corrected chi connectivity index (χ1v) is 7.30. The van der Waals surface area contributed by atoms with Crippen LogP contribution in [0, 0.1) is 5.41 Å². The average Bonchev–Trinajstić information content (AvgIpc) is 2.83. The predicted molar refractivity (Wildman–Crippen MR) is 82.0 cm³/mol. The van der Waals surface area contributed by atoms with Gasteiger partial charge in [-0.15, -0.1) is 0 Å². The third-order valence-electron chi connectivity index (χ3n) is 4.17. The minimum Gasteiger partial charge on any atom is -0.389 e. The molecule has 4 N–H and O–H groups in total. The molecular weight excluding hydrogens is 250 g/mol. The number of likely N-dealkylation sites (N-methyl/N-ethyl adjacent to an activating group) is 1. The molecule has 0 radical (unpaired) electrons. The Kier molecular flexibility index (Phi) is 4.78. The lowest BCUT2D eigenvalue weighted by Gasteiger charge is -2.31. The van der Waals surface area contributed by atoms with E-state index in [-0.39, 0.29) is 11.8 Å². The molecule has 1 saturated carbocycles. The first kappa shape index (κ1) is 15.0. The van der Waals surface area contributed by atoms with Gasteiger partial charge >= 0.3 is 0 Å². The topological polar surface area (TPSA) is 73.3 Å². The summed E-state index contributed by atoms with van der Waals surface area (Å²) in [6.45, 7) is 1.32. The molecule has 1 aliphatic carbocycles. The number of nitrogens with zero attached hydrogens (tertiary/aromatic N) is 1. The van der Waals surface area contributed by atoms with Gasteiger partial charge in [-0.3, -0.25) is 5.41 Å². The van der Waals surface area contributed by atoms with Crippen molar-refractivity contribution in [3.05, 3.63) is 35.9 Å². The summed E-state index contributed by atoms with van der Waals surface area (Å²) in [4.78, 5) is 2.10. The number of aliphatic hydroxyl groups is 1. The van der Waals surface area contributed by atoms with Crippen molar-refractivity contribution >= 4 is 5.84 Å². The molecule has 1 unspecified atom stereocenters. The molecule has 1 aromatic carbocycles. The van der Waals surface area contributed by atoms with Crippen LogP contribution in [-0.2, 0) is 0 Å². The van der Waals surface area contributed by atoms with Crippen LogP contribution in [0.1, 0.15) is 37.2 Å². The molecule has 20 heavy (non-hydrogen) atoms. The van der Waals surface area contributed by atoms with Crippen LogP contribution in [0.25, 0.3) is 0 Å². The third kappa shape index (κ3) is 3.81. The van der Waals surface area contributed by atoms with Gasteiger partial charge in [0.25, 0.3) is 0 Å². The van der Waals surface area contributed by atoms with Gasteiger partial charge in [-0.2, -0.15) is 0 Å². The van der Waals surface area contributed by atoms with Crippen LogP contribution in [0.4, 0.5) is 0 Å². The minimum absolute atomic E-state index is 0.105. The van der Waals surface area contributed by atoms with E-state index in [9.17, 15) is 5.11 Å². The van der Waals surface area contributed by atoms with Crippen LogP contribution < -0.4 is 5.73 Å². The van der Waals surface area contributed by atoms with E-state index in [0.717, 1.165) is 31.2 Å². The molecular formula is C16H25N3O. The molecule has 2 rings (SSSR count). The highest BCUT2D eigenvalue weighted by Gasteiger charge is 2.32. The maximum Gasteiger partial charge on any atom is 0.0995 e. The van der Waals surface area contributed by atoms with Gasteiger partial charge in [0, 0.05) is 13.1 Å². The number of nitrogens with two attached hydrogens (primary N) is 1. The van der Waals surface area contributed by atoms with Crippen molar-refractivity contribution < 1.29 is 5.11 Å². The van der Waals surface area contributed by atoms with E-state index in [4.69, 9.17) is 11.1 Å². The number of amidine groups is 1. The Hall–Kier alpha value is -1.39. The second-order valence-corrected chi connectivity index (χ2v) is 6.05. The monoisotopic (exact) mass is 275 g/mol. The maximum atomic E-state index is 10.5. The zero-order valence-corrected chi connectivity index (χ0v) is 12.2. The first-order valence-electron chi connectivity index (χ1n) is 7.30. The number of hydrogen-bond donors (Lipinski definition) is 3. The summed E-state index contributed by atoms with van der Waals surface area (Å²) in [6, 6.07) is 9.91. The van der Waals surface area contributed by atoms with Crippen molar-refractivity contribution in [2.24, 2.45) is 5.73 Å². The minimum atomic E-state index is -0.549. The highest BCUT2D eigenvalue weighted by Crippen LogP contribution is 2.30. The lowest BCUT2D eigenvalue weighted by molar-refractivity contribution is 0.0162. The van der Waals surface area contributed by atoms with Crippen LogP contribution in [0.2, 0.25) is 0 Å². The molecule has 0 aromatic heterocycles. The summed E-state index contributed by atoms with van der Waals surface area (Å²) in [7, 11) is 2.00. The van der Waals surface area contributed by atoms with E-state index in [2.05, 4.69) is 4.90 Å². The molecule has 110 valence electrons. The Labute approximate surface area is 121 Å². The zero-order valence-electron chi connectivity index (χ0n) is 12.2. The van der Waals surface area contributed by atoms with Gasteiger partial charge in [0.2, 0.25) is 0 Å². The normalized spacial score (nSPS) is 19.1. The summed E-state index contributed by atoms with van der Waals surface area (Å²) in [5.74, 6) is 0.0765. The highest BCUT2D eigenvalue weighted by molar-refractivity contribution is 5.84.